The van der Waals surface area contributed by atoms with E-state index >= 15 is 0 Å². The first kappa shape index (κ1) is 13.8. The van der Waals surface area contributed by atoms with Gasteiger partial charge in [-0.3, -0.25) is 14.2 Å². The fraction of sp³-hybridized carbons (Fsp3) is 0.438. The predicted octanol–water partition coefficient (Wildman–Crippen LogP) is 2.23. The highest BCUT2D eigenvalue weighted by atomic mass is 16.5. The van der Waals surface area contributed by atoms with Crippen LogP contribution in [0.1, 0.15) is 38.4 Å². The van der Waals surface area contributed by atoms with Gasteiger partial charge in [-0.1, -0.05) is 12.1 Å². The van der Waals surface area contributed by atoms with Crippen molar-refractivity contribution in [2.24, 2.45) is 0 Å². The molecule has 1 aliphatic rings. The Hall–Kier alpha value is -2.17. The van der Waals surface area contributed by atoms with Crippen molar-refractivity contribution in [3.63, 3.8) is 0 Å². The van der Waals surface area contributed by atoms with Gasteiger partial charge in [-0.25, -0.2) is 4.98 Å². The van der Waals surface area contributed by atoms with Crippen molar-refractivity contribution in [2.75, 3.05) is 0 Å². The maximum absolute atomic E-state index is 12.6. The Balaban J connectivity index is 2.06. The molecule has 1 fully saturated rings. The predicted molar refractivity (Wildman–Crippen MR) is 79.2 cm³/mol. The molecule has 1 aliphatic carbocycles. The standard InChI is InChI=1S/C16H18N2O3/c1-10(2)21-14(19)9-18-15(11-7-8-11)17-13-6-4-3-5-12(13)16(18)20/h3-6,10-11H,7-9H2,1-2H3. The Labute approximate surface area is 122 Å². The van der Waals surface area contributed by atoms with Crippen molar-refractivity contribution in [3.05, 3.63) is 40.4 Å². The number of hydrogen-bond donors (Lipinski definition) is 0. The molecule has 0 bridgehead atoms. The van der Waals surface area contributed by atoms with Crippen LogP contribution in [0.15, 0.2) is 29.1 Å². The Kier molecular flexibility index (Phi) is 3.49. The third-order valence-corrected chi connectivity index (χ3v) is 3.49. The molecule has 0 aliphatic heterocycles. The number of carbonyl (C=O) groups excluding carboxylic acids is 1. The van der Waals surface area contributed by atoms with Gasteiger partial charge in [0.15, 0.2) is 0 Å². The molecule has 0 amide bonds. The van der Waals surface area contributed by atoms with Crippen LogP contribution in [0.2, 0.25) is 0 Å². The molecule has 1 aromatic carbocycles. The highest BCUT2D eigenvalue weighted by Gasteiger charge is 2.30. The van der Waals surface area contributed by atoms with E-state index in [-0.39, 0.29) is 24.1 Å². The molecule has 110 valence electrons. The molecule has 1 saturated carbocycles. The van der Waals surface area contributed by atoms with Gasteiger partial charge in [0.1, 0.15) is 12.4 Å². The SMILES string of the molecule is CC(C)OC(=O)Cn1c(C2CC2)nc2ccccc2c1=O. The van der Waals surface area contributed by atoms with E-state index in [0.717, 1.165) is 12.8 Å². The van der Waals surface area contributed by atoms with E-state index < -0.39 is 5.97 Å². The van der Waals surface area contributed by atoms with Crippen LogP contribution in [0.3, 0.4) is 0 Å². The Bertz CT molecular complexity index is 745. The van der Waals surface area contributed by atoms with Crippen LogP contribution in [0.4, 0.5) is 0 Å². The van der Waals surface area contributed by atoms with E-state index in [0.29, 0.717) is 16.7 Å². The van der Waals surface area contributed by atoms with Gasteiger partial charge in [0.05, 0.1) is 17.0 Å². The zero-order valence-electron chi connectivity index (χ0n) is 12.2. The molecule has 3 rings (SSSR count). The molecular weight excluding hydrogens is 268 g/mol. The van der Waals surface area contributed by atoms with E-state index in [4.69, 9.17) is 4.74 Å². The van der Waals surface area contributed by atoms with Crippen LogP contribution in [-0.2, 0) is 16.1 Å². The Morgan fingerprint density at radius 2 is 2.10 bits per heavy atom. The molecule has 0 radical (unpaired) electrons. The van der Waals surface area contributed by atoms with Crippen LogP contribution in [0.5, 0.6) is 0 Å². The van der Waals surface area contributed by atoms with E-state index in [1.165, 1.54) is 4.57 Å². The summed E-state index contributed by atoms with van der Waals surface area (Å²) < 4.78 is 6.63. The molecule has 0 spiro atoms. The number of aromatic nitrogens is 2. The average Bonchev–Trinajstić information content (AvgIpc) is 3.25. The number of benzene rings is 1. The number of carbonyl (C=O) groups is 1. The molecular formula is C16H18N2O3. The topological polar surface area (TPSA) is 61.2 Å². The normalized spacial score (nSPS) is 14.6. The minimum atomic E-state index is -0.397. The molecule has 0 atom stereocenters. The second kappa shape index (κ2) is 5.31. The zero-order valence-corrected chi connectivity index (χ0v) is 12.2. The number of fused-ring (bicyclic) bond motifs is 1. The lowest BCUT2D eigenvalue weighted by molar-refractivity contribution is -0.148. The summed E-state index contributed by atoms with van der Waals surface area (Å²) in [7, 11) is 0. The van der Waals surface area contributed by atoms with Crippen LogP contribution in [-0.4, -0.2) is 21.6 Å². The maximum Gasteiger partial charge on any atom is 0.326 e. The Morgan fingerprint density at radius 1 is 1.38 bits per heavy atom. The van der Waals surface area contributed by atoms with Crippen molar-refractivity contribution in [3.8, 4) is 0 Å². The fourth-order valence-electron chi connectivity index (χ4n) is 2.42. The molecule has 0 saturated heterocycles. The number of hydrogen-bond acceptors (Lipinski definition) is 4. The largest absolute Gasteiger partial charge is 0.462 e. The maximum atomic E-state index is 12.6. The van der Waals surface area contributed by atoms with Gasteiger partial charge >= 0.3 is 5.97 Å². The number of ether oxygens (including phenoxy) is 1. The summed E-state index contributed by atoms with van der Waals surface area (Å²) in [6.07, 6.45) is 1.85. The van der Waals surface area contributed by atoms with Crippen LogP contribution in [0.25, 0.3) is 10.9 Å². The lowest BCUT2D eigenvalue weighted by atomic mass is 10.2. The molecule has 5 nitrogen and oxygen atoms in total. The summed E-state index contributed by atoms with van der Waals surface area (Å²) >= 11 is 0. The average molecular weight is 286 g/mol. The molecule has 1 aromatic heterocycles. The van der Waals surface area contributed by atoms with E-state index in [9.17, 15) is 9.59 Å². The minimum absolute atomic E-state index is 0.0688. The van der Waals surface area contributed by atoms with Crippen molar-refractivity contribution < 1.29 is 9.53 Å². The minimum Gasteiger partial charge on any atom is -0.462 e. The number of esters is 1. The van der Waals surface area contributed by atoms with Crippen LogP contribution in [0, 0.1) is 0 Å². The van der Waals surface area contributed by atoms with Gasteiger partial charge in [0, 0.05) is 5.92 Å². The van der Waals surface area contributed by atoms with Gasteiger partial charge in [-0.2, -0.15) is 0 Å². The Morgan fingerprint density at radius 3 is 2.76 bits per heavy atom. The fourth-order valence-corrected chi connectivity index (χ4v) is 2.42. The molecule has 2 aromatic rings. The van der Waals surface area contributed by atoms with E-state index in [1.807, 2.05) is 12.1 Å². The van der Waals surface area contributed by atoms with Crippen molar-refractivity contribution in [2.45, 2.75) is 45.3 Å². The first-order valence-electron chi connectivity index (χ1n) is 7.25. The van der Waals surface area contributed by atoms with Crippen molar-refractivity contribution in [1.82, 2.24) is 9.55 Å². The highest BCUT2D eigenvalue weighted by Crippen LogP contribution is 2.38. The smallest absolute Gasteiger partial charge is 0.326 e. The van der Waals surface area contributed by atoms with Gasteiger partial charge in [-0.15, -0.1) is 0 Å². The molecule has 21 heavy (non-hydrogen) atoms. The third-order valence-electron chi connectivity index (χ3n) is 3.49. The summed E-state index contributed by atoms with van der Waals surface area (Å²) in [5, 5.41) is 0.541. The first-order chi connectivity index (χ1) is 10.1. The third kappa shape index (κ3) is 2.82. The second-order valence-corrected chi connectivity index (χ2v) is 5.69. The summed E-state index contributed by atoms with van der Waals surface area (Å²) in [5.74, 6) is 0.597. The lowest BCUT2D eigenvalue weighted by Gasteiger charge is -2.14. The van der Waals surface area contributed by atoms with Crippen LogP contribution >= 0.6 is 0 Å². The van der Waals surface area contributed by atoms with Crippen molar-refractivity contribution >= 4 is 16.9 Å². The van der Waals surface area contributed by atoms with Crippen molar-refractivity contribution in [1.29, 1.82) is 0 Å². The number of nitrogens with zero attached hydrogens (tertiary/aromatic N) is 2. The second-order valence-electron chi connectivity index (χ2n) is 5.69. The number of para-hydroxylation sites is 1. The van der Waals surface area contributed by atoms with Crippen LogP contribution < -0.4 is 5.56 Å². The molecule has 5 heteroatoms. The summed E-state index contributed by atoms with van der Waals surface area (Å²) in [4.78, 5) is 29.1. The van der Waals surface area contributed by atoms with Gasteiger partial charge < -0.3 is 4.74 Å². The first-order valence-corrected chi connectivity index (χ1v) is 7.25. The summed E-state index contributed by atoms with van der Waals surface area (Å²) in [5.41, 5.74) is 0.529. The molecule has 0 unspecified atom stereocenters. The lowest BCUT2D eigenvalue weighted by Crippen LogP contribution is -2.30. The summed E-state index contributed by atoms with van der Waals surface area (Å²) in [6, 6.07) is 7.24. The number of rotatable bonds is 4. The highest BCUT2D eigenvalue weighted by molar-refractivity contribution is 5.78. The van der Waals surface area contributed by atoms with Gasteiger partial charge in [0.25, 0.3) is 5.56 Å². The van der Waals surface area contributed by atoms with E-state index in [2.05, 4.69) is 4.98 Å². The summed E-state index contributed by atoms with van der Waals surface area (Å²) in [6.45, 7) is 3.52. The van der Waals surface area contributed by atoms with Gasteiger partial charge in [0.2, 0.25) is 0 Å². The quantitative estimate of drug-likeness (QED) is 0.809. The monoisotopic (exact) mass is 286 g/mol. The van der Waals surface area contributed by atoms with Gasteiger partial charge in [-0.05, 0) is 38.8 Å². The van der Waals surface area contributed by atoms with E-state index in [1.54, 1.807) is 26.0 Å². The molecule has 0 N–H and O–H groups in total. The zero-order chi connectivity index (χ0) is 15.0. The molecule has 1 heterocycles.